The Hall–Kier alpha value is -1.20. The Balaban J connectivity index is 2.38. The second-order valence-corrected chi connectivity index (χ2v) is 4.70. The van der Waals surface area contributed by atoms with Gasteiger partial charge in [-0.25, -0.2) is 9.37 Å². The molecule has 17 heavy (non-hydrogen) atoms. The van der Waals surface area contributed by atoms with Gasteiger partial charge in [0.1, 0.15) is 5.82 Å². The first-order chi connectivity index (χ1) is 8.06. The lowest BCUT2D eigenvalue weighted by molar-refractivity contribution is 0.621. The quantitative estimate of drug-likeness (QED) is 0.853. The summed E-state index contributed by atoms with van der Waals surface area (Å²) in [5, 5.41) is -0.0945. The highest BCUT2D eigenvalue weighted by Gasteiger charge is 2.04. The Labute approximate surface area is 110 Å². The van der Waals surface area contributed by atoms with Crippen LogP contribution in [0.25, 0.3) is 0 Å². The fourth-order valence-electron chi connectivity index (χ4n) is 1.44. The highest BCUT2D eigenvalue weighted by molar-refractivity contribution is 9.10. The smallest absolute Gasteiger partial charge is 0.288 e. The minimum absolute atomic E-state index is 0.0945. The molecule has 2 aromatic rings. The maximum Gasteiger partial charge on any atom is 0.288 e. The number of benzene rings is 1. The summed E-state index contributed by atoms with van der Waals surface area (Å²) in [6, 6.07) is 4.46. The lowest BCUT2D eigenvalue weighted by Crippen LogP contribution is -2.21. The maximum absolute atomic E-state index is 13.2. The van der Waals surface area contributed by atoms with Gasteiger partial charge in [-0.3, -0.25) is 4.79 Å². The molecular formula is C11H7BrClFN2O. The molecule has 0 fully saturated rings. The van der Waals surface area contributed by atoms with Crippen LogP contribution in [-0.2, 0) is 6.54 Å². The van der Waals surface area contributed by atoms with Crippen molar-refractivity contribution in [1.29, 1.82) is 0 Å². The molecule has 0 atom stereocenters. The van der Waals surface area contributed by atoms with Crippen molar-refractivity contribution >= 4 is 27.5 Å². The van der Waals surface area contributed by atoms with E-state index in [-0.39, 0.29) is 17.5 Å². The van der Waals surface area contributed by atoms with Crippen LogP contribution in [0.2, 0.25) is 5.15 Å². The summed E-state index contributed by atoms with van der Waals surface area (Å²) in [5.41, 5.74) is 0.274. The van der Waals surface area contributed by atoms with Crippen LogP contribution in [0.5, 0.6) is 0 Å². The summed E-state index contributed by atoms with van der Waals surface area (Å²) < 4.78 is 15.2. The normalized spacial score (nSPS) is 10.5. The van der Waals surface area contributed by atoms with Gasteiger partial charge in [-0.05, 0) is 23.8 Å². The molecule has 88 valence electrons. The third-order valence-corrected chi connectivity index (χ3v) is 2.86. The van der Waals surface area contributed by atoms with Gasteiger partial charge in [0.2, 0.25) is 0 Å². The van der Waals surface area contributed by atoms with Crippen LogP contribution in [0.3, 0.4) is 0 Å². The van der Waals surface area contributed by atoms with Gasteiger partial charge < -0.3 is 4.57 Å². The first-order valence-electron chi connectivity index (χ1n) is 4.72. The highest BCUT2D eigenvalue weighted by atomic mass is 79.9. The molecule has 0 N–H and O–H groups in total. The molecule has 1 heterocycles. The average Bonchev–Trinajstić information content (AvgIpc) is 2.23. The van der Waals surface area contributed by atoms with Gasteiger partial charge in [-0.2, -0.15) is 0 Å². The molecule has 6 heteroatoms. The number of rotatable bonds is 2. The molecule has 3 nitrogen and oxygen atoms in total. The highest BCUT2D eigenvalue weighted by Crippen LogP contribution is 2.15. The van der Waals surface area contributed by atoms with E-state index >= 15 is 0 Å². The Kier molecular flexibility index (Phi) is 3.59. The van der Waals surface area contributed by atoms with Crippen LogP contribution in [0.4, 0.5) is 4.39 Å². The zero-order valence-electron chi connectivity index (χ0n) is 8.53. The minimum atomic E-state index is -0.394. The third kappa shape index (κ3) is 2.92. The second-order valence-electron chi connectivity index (χ2n) is 3.43. The lowest BCUT2D eigenvalue weighted by Gasteiger charge is -2.06. The Morgan fingerprint density at radius 2 is 2.18 bits per heavy atom. The van der Waals surface area contributed by atoms with E-state index in [1.165, 1.54) is 29.1 Å². The molecule has 2 rings (SSSR count). The first-order valence-corrected chi connectivity index (χ1v) is 5.89. The van der Waals surface area contributed by atoms with Crippen molar-refractivity contribution in [3.05, 3.63) is 62.0 Å². The van der Waals surface area contributed by atoms with E-state index in [1.807, 2.05) is 0 Å². The van der Waals surface area contributed by atoms with Gasteiger partial charge in [-0.15, -0.1) is 0 Å². The van der Waals surface area contributed by atoms with Crippen LogP contribution >= 0.6 is 27.5 Å². The zero-order valence-corrected chi connectivity index (χ0v) is 10.9. The van der Waals surface area contributed by atoms with Crippen molar-refractivity contribution in [1.82, 2.24) is 9.55 Å². The third-order valence-electron chi connectivity index (χ3n) is 2.15. The molecule has 0 saturated carbocycles. The first kappa shape index (κ1) is 12.3. The van der Waals surface area contributed by atoms with Crippen molar-refractivity contribution in [3.63, 3.8) is 0 Å². The SMILES string of the molecule is O=c1c(Cl)nccn1Cc1cc(F)cc(Br)c1. The summed E-state index contributed by atoms with van der Waals surface area (Å²) in [4.78, 5) is 15.3. The van der Waals surface area contributed by atoms with Gasteiger partial charge in [0.25, 0.3) is 5.56 Å². The van der Waals surface area contributed by atoms with Crippen LogP contribution in [0.15, 0.2) is 39.9 Å². The van der Waals surface area contributed by atoms with Gasteiger partial charge in [0.05, 0.1) is 6.54 Å². The van der Waals surface area contributed by atoms with Crippen molar-refractivity contribution < 1.29 is 4.39 Å². The van der Waals surface area contributed by atoms with E-state index in [1.54, 1.807) is 6.07 Å². The van der Waals surface area contributed by atoms with Crippen molar-refractivity contribution in [2.45, 2.75) is 6.54 Å². The largest absolute Gasteiger partial charge is 0.307 e. The molecule has 0 aliphatic heterocycles. The fourth-order valence-corrected chi connectivity index (χ4v) is 2.12. The maximum atomic E-state index is 13.2. The van der Waals surface area contributed by atoms with Crippen LogP contribution in [0.1, 0.15) is 5.56 Å². The number of aromatic nitrogens is 2. The van der Waals surface area contributed by atoms with E-state index < -0.39 is 5.56 Å². The van der Waals surface area contributed by atoms with Crippen LogP contribution in [-0.4, -0.2) is 9.55 Å². The number of hydrogen-bond donors (Lipinski definition) is 0. The predicted molar refractivity (Wildman–Crippen MR) is 66.7 cm³/mol. The van der Waals surface area contributed by atoms with Crippen molar-refractivity contribution in [2.24, 2.45) is 0 Å². The topological polar surface area (TPSA) is 34.9 Å². The molecule has 1 aromatic heterocycles. The molecular weight excluding hydrogens is 310 g/mol. The zero-order chi connectivity index (χ0) is 12.4. The monoisotopic (exact) mass is 316 g/mol. The van der Waals surface area contributed by atoms with Gasteiger partial charge >= 0.3 is 0 Å². The van der Waals surface area contributed by atoms with E-state index in [2.05, 4.69) is 20.9 Å². The summed E-state index contributed by atoms with van der Waals surface area (Å²) in [6.07, 6.45) is 2.94. The van der Waals surface area contributed by atoms with E-state index in [4.69, 9.17) is 11.6 Å². The van der Waals surface area contributed by atoms with E-state index in [0.29, 0.717) is 10.0 Å². The van der Waals surface area contributed by atoms with Gasteiger partial charge in [0, 0.05) is 16.9 Å². The molecule has 0 aliphatic rings. The molecule has 0 bridgehead atoms. The lowest BCUT2D eigenvalue weighted by atomic mass is 10.2. The minimum Gasteiger partial charge on any atom is -0.307 e. The van der Waals surface area contributed by atoms with Crippen LogP contribution < -0.4 is 5.56 Å². The second kappa shape index (κ2) is 4.98. The average molecular weight is 318 g/mol. The Morgan fingerprint density at radius 3 is 2.88 bits per heavy atom. The standard InChI is InChI=1S/C11H7BrClFN2O/c12-8-3-7(4-9(14)5-8)6-16-2-1-15-10(13)11(16)17/h1-5H,6H2. The van der Waals surface area contributed by atoms with Crippen molar-refractivity contribution in [2.75, 3.05) is 0 Å². The Morgan fingerprint density at radius 1 is 1.41 bits per heavy atom. The molecule has 0 unspecified atom stereocenters. The summed E-state index contributed by atoms with van der Waals surface area (Å²) in [5.74, 6) is -0.359. The summed E-state index contributed by atoms with van der Waals surface area (Å²) in [6.45, 7) is 0.247. The molecule has 0 radical (unpaired) electrons. The summed E-state index contributed by atoms with van der Waals surface area (Å²) in [7, 11) is 0. The van der Waals surface area contributed by atoms with Crippen LogP contribution in [0, 0.1) is 5.82 Å². The Bertz CT molecular complexity index is 594. The molecule has 0 spiro atoms. The van der Waals surface area contributed by atoms with E-state index in [0.717, 1.165) is 0 Å². The number of nitrogens with zero attached hydrogens (tertiary/aromatic N) is 2. The van der Waals surface area contributed by atoms with Gasteiger partial charge in [-0.1, -0.05) is 27.5 Å². The fraction of sp³-hybridized carbons (Fsp3) is 0.0909. The van der Waals surface area contributed by atoms with Crippen molar-refractivity contribution in [3.8, 4) is 0 Å². The number of halogens is 3. The van der Waals surface area contributed by atoms with Gasteiger partial charge in [0.15, 0.2) is 5.15 Å². The molecule has 0 saturated heterocycles. The summed E-state index contributed by atoms with van der Waals surface area (Å²) >= 11 is 8.81. The number of hydrogen-bond acceptors (Lipinski definition) is 2. The molecule has 0 aliphatic carbocycles. The van der Waals surface area contributed by atoms with E-state index in [9.17, 15) is 9.18 Å². The molecule has 1 aromatic carbocycles. The predicted octanol–water partition coefficient (Wildman–Crippen LogP) is 2.85. The molecule has 0 amide bonds.